The van der Waals surface area contributed by atoms with Crippen molar-refractivity contribution in [1.29, 1.82) is 0 Å². The highest BCUT2D eigenvalue weighted by Gasteiger charge is 1.95. The molecule has 1 rings (SSSR count). The lowest BCUT2D eigenvalue weighted by Gasteiger charge is -2.07. The van der Waals surface area contributed by atoms with E-state index in [1.807, 2.05) is 6.08 Å². The van der Waals surface area contributed by atoms with E-state index in [9.17, 15) is 0 Å². The zero-order chi connectivity index (χ0) is 12.5. The van der Waals surface area contributed by atoms with Gasteiger partial charge in [0.15, 0.2) is 0 Å². The number of aryl methyl sites for hydroxylation is 2. The van der Waals surface area contributed by atoms with Crippen LogP contribution in [0.25, 0.3) is 0 Å². The highest BCUT2D eigenvalue weighted by Crippen LogP contribution is 2.08. The van der Waals surface area contributed by atoms with E-state index in [2.05, 4.69) is 43.9 Å². The minimum absolute atomic E-state index is 0.763. The van der Waals surface area contributed by atoms with Gasteiger partial charge in [-0.3, -0.25) is 0 Å². The van der Waals surface area contributed by atoms with Crippen molar-refractivity contribution >= 4 is 0 Å². The zero-order valence-electron chi connectivity index (χ0n) is 11.0. The van der Waals surface area contributed by atoms with Gasteiger partial charge in [0.1, 0.15) is 0 Å². The minimum atomic E-state index is 0.763. The Balaban J connectivity index is 2.15. The maximum atomic E-state index is 5.43. The number of rotatable bonds is 8. The van der Waals surface area contributed by atoms with Gasteiger partial charge in [0.25, 0.3) is 0 Å². The Labute approximate surface area is 105 Å². The Morgan fingerprint density at radius 1 is 1.18 bits per heavy atom. The summed E-state index contributed by atoms with van der Waals surface area (Å²) >= 11 is 0. The molecule has 0 amide bonds. The van der Waals surface area contributed by atoms with Gasteiger partial charge in [0.2, 0.25) is 0 Å². The Hall–Kier alpha value is -1.12. The molecular weight excluding hydrogens is 210 g/mol. The van der Waals surface area contributed by atoms with Crippen molar-refractivity contribution in [3.8, 4) is 0 Å². The Morgan fingerprint density at radius 3 is 2.53 bits per heavy atom. The van der Waals surface area contributed by atoms with Crippen LogP contribution in [0.1, 0.15) is 23.1 Å². The van der Waals surface area contributed by atoms with Gasteiger partial charge in [-0.15, -0.1) is 6.58 Å². The molecule has 1 N–H and O–H groups in total. The third kappa shape index (κ3) is 6.25. The first-order valence-corrected chi connectivity index (χ1v) is 6.19. The van der Waals surface area contributed by atoms with Gasteiger partial charge in [-0.25, -0.2) is 0 Å². The van der Waals surface area contributed by atoms with Crippen molar-refractivity contribution in [3.63, 3.8) is 0 Å². The zero-order valence-corrected chi connectivity index (χ0v) is 11.0. The molecule has 0 heterocycles. The molecule has 0 fully saturated rings. The summed E-state index contributed by atoms with van der Waals surface area (Å²) in [6.45, 7) is 11.3. The van der Waals surface area contributed by atoms with Crippen molar-refractivity contribution < 1.29 is 4.74 Å². The van der Waals surface area contributed by atoms with Crippen LogP contribution in [0.2, 0.25) is 0 Å². The number of hydrogen-bond acceptors (Lipinski definition) is 2. The van der Waals surface area contributed by atoms with E-state index < -0.39 is 0 Å². The third-order valence-corrected chi connectivity index (χ3v) is 2.50. The summed E-state index contributed by atoms with van der Waals surface area (Å²) < 4.78 is 5.43. The highest BCUT2D eigenvalue weighted by atomic mass is 16.5. The van der Waals surface area contributed by atoms with E-state index in [0.717, 1.165) is 32.7 Å². The summed E-state index contributed by atoms with van der Waals surface area (Å²) in [6, 6.07) is 6.64. The van der Waals surface area contributed by atoms with Crippen LogP contribution >= 0.6 is 0 Å². The first-order chi connectivity index (χ1) is 8.22. The molecule has 0 spiro atoms. The molecule has 0 unspecified atom stereocenters. The van der Waals surface area contributed by atoms with Crippen LogP contribution in [0.3, 0.4) is 0 Å². The second-order valence-corrected chi connectivity index (χ2v) is 4.36. The number of benzene rings is 1. The molecule has 2 heteroatoms. The smallest absolute Gasteiger partial charge is 0.0591 e. The van der Waals surface area contributed by atoms with E-state index in [-0.39, 0.29) is 0 Å². The molecule has 1 aromatic rings. The van der Waals surface area contributed by atoms with Gasteiger partial charge in [0, 0.05) is 13.1 Å². The van der Waals surface area contributed by atoms with Crippen LogP contribution in [-0.4, -0.2) is 19.8 Å². The lowest BCUT2D eigenvalue weighted by Crippen LogP contribution is -2.19. The van der Waals surface area contributed by atoms with E-state index in [4.69, 9.17) is 4.74 Å². The van der Waals surface area contributed by atoms with Crippen molar-refractivity contribution in [2.24, 2.45) is 0 Å². The number of hydrogen-bond donors (Lipinski definition) is 1. The van der Waals surface area contributed by atoms with Crippen molar-refractivity contribution in [3.05, 3.63) is 47.5 Å². The van der Waals surface area contributed by atoms with Crippen LogP contribution in [0.5, 0.6) is 0 Å². The summed E-state index contributed by atoms with van der Waals surface area (Å²) in [4.78, 5) is 0. The Morgan fingerprint density at radius 2 is 1.88 bits per heavy atom. The molecule has 2 nitrogen and oxygen atoms in total. The summed E-state index contributed by atoms with van der Waals surface area (Å²) in [5.74, 6) is 0. The molecule has 0 bridgehead atoms. The van der Waals surface area contributed by atoms with E-state index in [1.165, 1.54) is 16.7 Å². The van der Waals surface area contributed by atoms with E-state index >= 15 is 0 Å². The molecule has 94 valence electrons. The summed E-state index contributed by atoms with van der Waals surface area (Å²) in [7, 11) is 0. The van der Waals surface area contributed by atoms with Gasteiger partial charge in [-0.1, -0.05) is 35.4 Å². The molecule has 0 aliphatic carbocycles. The van der Waals surface area contributed by atoms with Crippen molar-refractivity contribution in [2.75, 3.05) is 19.8 Å². The molecule has 0 atom stereocenters. The maximum absolute atomic E-state index is 5.43. The van der Waals surface area contributed by atoms with Crippen LogP contribution in [-0.2, 0) is 11.3 Å². The Bertz CT molecular complexity index is 327. The minimum Gasteiger partial charge on any atom is -0.380 e. The van der Waals surface area contributed by atoms with Crippen molar-refractivity contribution in [2.45, 2.75) is 26.8 Å². The highest BCUT2D eigenvalue weighted by molar-refractivity contribution is 5.28. The number of ether oxygens (including phenoxy) is 1. The third-order valence-electron chi connectivity index (χ3n) is 2.50. The van der Waals surface area contributed by atoms with Gasteiger partial charge in [-0.05, 0) is 25.8 Å². The Kier molecular flexibility index (Phi) is 6.60. The monoisotopic (exact) mass is 233 g/mol. The SMILES string of the molecule is C=CCCOCCNCc1cc(C)cc(C)c1. The second kappa shape index (κ2) is 8.04. The normalized spacial score (nSPS) is 10.5. The fourth-order valence-electron chi connectivity index (χ4n) is 1.82. The van der Waals surface area contributed by atoms with Crippen LogP contribution in [0, 0.1) is 13.8 Å². The van der Waals surface area contributed by atoms with Crippen LogP contribution in [0.4, 0.5) is 0 Å². The molecular formula is C15H23NO. The van der Waals surface area contributed by atoms with E-state index in [0.29, 0.717) is 0 Å². The van der Waals surface area contributed by atoms with Gasteiger partial charge in [0.05, 0.1) is 13.2 Å². The topological polar surface area (TPSA) is 21.3 Å². The fourth-order valence-corrected chi connectivity index (χ4v) is 1.82. The maximum Gasteiger partial charge on any atom is 0.0591 e. The second-order valence-electron chi connectivity index (χ2n) is 4.36. The molecule has 0 aliphatic heterocycles. The van der Waals surface area contributed by atoms with Crippen LogP contribution in [0.15, 0.2) is 30.9 Å². The van der Waals surface area contributed by atoms with Gasteiger partial charge >= 0.3 is 0 Å². The molecule has 17 heavy (non-hydrogen) atoms. The molecule has 0 aromatic heterocycles. The average molecular weight is 233 g/mol. The molecule has 1 aromatic carbocycles. The molecule has 0 saturated carbocycles. The first-order valence-electron chi connectivity index (χ1n) is 6.19. The molecule has 0 aliphatic rings. The fraction of sp³-hybridized carbons (Fsp3) is 0.467. The predicted molar refractivity (Wildman–Crippen MR) is 73.3 cm³/mol. The molecule has 0 radical (unpaired) electrons. The average Bonchev–Trinajstić information content (AvgIpc) is 2.26. The van der Waals surface area contributed by atoms with Gasteiger partial charge < -0.3 is 10.1 Å². The van der Waals surface area contributed by atoms with E-state index in [1.54, 1.807) is 0 Å². The predicted octanol–water partition coefficient (Wildman–Crippen LogP) is 2.99. The quantitative estimate of drug-likeness (QED) is 0.550. The molecule has 0 saturated heterocycles. The summed E-state index contributed by atoms with van der Waals surface area (Å²) in [5, 5.41) is 3.38. The number of nitrogens with one attached hydrogen (secondary N) is 1. The lowest BCUT2D eigenvalue weighted by atomic mass is 10.1. The summed E-state index contributed by atoms with van der Waals surface area (Å²) in [5.41, 5.74) is 3.99. The van der Waals surface area contributed by atoms with Gasteiger partial charge in [-0.2, -0.15) is 0 Å². The van der Waals surface area contributed by atoms with Crippen LogP contribution < -0.4 is 5.32 Å². The lowest BCUT2D eigenvalue weighted by molar-refractivity contribution is 0.140. The van der Waals surface area contributed by atoms with Crippen molar-refractivity contribution in [1.82, 2.24) is 5.32 Å². The largest absolute Gasteiger partial charge is 0.380 e. The standard InChI is InChI=1S/C15H23NO/c1-4-5-7-17-8-6-16-12-15-10-13(2)9-14(3)11-15/h4,9-11,16H,1,5-8,12H2,2-3H3. The summed E-state index contributed by atoms with van der Waals surface area (Å²) in [6.07, 6.45) is 2.81. The first kappa shape index (κ1) is 13.9.